The Morgan fingerprint density at radius 1 is 0.627 bits per heavy atom. The van der Waals surface area contributed by atoms with E-state index in [0.29, 0.717) is 40.8 Å². The van der Waals surface area contributed by atoms with Gasteiger partial charge in [-0.25, -0.2) is 0 Å². The van der Waals surface area contributed by atoms with Gasteiger partial charge in [-0.15, -0.1) is 0 Å². The quantitative estimate of drug-likeness (QED) is 0.157. The van der Waals surface area contributed by atoms with Crippen LogP contribution in [-0.4, -0.2) is 29.9 Å². The second-order valence-electron chi connectivity index (χ2n) is 20.2. The molecule has 8 rings (SSSR count). The Morgan fingerprint density at radius 3 is 1.53 bits per heavy atom. The number of ether oxygens (including phenoxy) is 2. The van der Waals surface area contributed by atoms with Crippen molar-refractivity contribution in [1.82, 2.24) is 0 Å². The largest absolute Gasteiger partial charge is 0.462 e. The molecular weight excluding hydrogens is 633 g/mol. The molecule has 14 atom stereocenters. The van der Waals surface area contributed by atoms with E-state index in [1.165, 1.54) is 55.2 Å². The van der Waals surface area contributed by atoms with Gasteiger partial charge in [-0.2, -0.15) is 0 Å². The summed E-state index contributed by atoms with van der Waals surface area (Å²) in [5.41, 5.74) is 5.24. The Labute approximate surface area is 308 Å². The maximum atomic E-state index is 13.1. The fourth-order valence-corrected chi connectivity index (χ4v) is 15.5. The zero-order chi connectivity index (χ0) is 36.1. The van der Waals surface area contributed by atoms with E-state index in [4.69, 9.17) is 9.47 Å². The van der Waals surface area contributed by atoms with Gasteiger partial charge >= 0.3 is 11.9 Å². The number of hydrogen-bond donors (Lipinski definition) is 0. The molecule has 8 aliphatic rings. The molecule has 0 radical (unpaired) electrons. The second-order valence-corrected chi connectivity index (χ2v) is 20.2. The predicted molar refractivity (Wildman–Crippen MR) is 200 cm³/mol. The van der Waals surface area contributed by atoms with E-state index in [-0.39, 0.29) is 40.8 Å². The number of esters is 2. The van der Waals surface area contributed by atoms with Crippen LogP contribution in [0.5, 0.6) is 0 Å². The summed E-state index contributed by atoms with van der Waals surface area (Å²) >= 11 is 0. The molecule has 0 aromatic carbocycles. The standard InChI is InChI=1S/C46H66O5/c1-27(2)35-12-14-37-33-10-8-29-24-31(16-20-43(29,4)39(33)18-22-45(35,37)6)50-41(48)26-42(49)51-32-17-21-44(5)30(25-32)9-11-34-38-15-13-36(28(3)47)46(38,7)23-19-40(34)44/h8-9,31-40H,1,10-26H2,2-7H3. The summed E-state index contributed by atoms with van der Waals surface area (Å²) in [6.07, 6.45) is 21.9. The van der Waals surface area contributed by atoms with Crippen LogP contribution in [0.2, 0.25) is 0 Å². The third kappa shape index (κ3) is 5.61. The SMILES string of the molecule is C=C(C)C1CCC2C3CC=C4CC(OC(=O)CC(=O)OC5CCC6(C)C(=CCC7C6CCC6(C)C(C(C)=O)CCC76)C5)CCC4(C)C3CCC12C. The van der Waals surface area contributed by atoms with Crippen LogP contribution in [0.15, 0.2) is 35.5 Å². The summed E-state index contributed by atoms with van der Waals surface area (Å²) in [4.78, 5) is 38.7. The Morgan fingerprint density at radius 2 is 1.08 bits per heavy atom. The smallest absolute Gasteiger partial charge is 0.317 e. The number of rotatable bonds is 6. The molecule has 5 heteroatoms. The van der Waals surface area contributed by atoms with Gasteiger partial charge in [0, 0.05) is 18.8 Å². The van der Waals surface area contributed by atoms with Crippen molar-refractivity contribution in [2.75, 3.05) is 0 Å². The lowest BCUT2D eigenvalue weighted by Gasteiger charge is -2.58. The minimum Gasteiger partial charge on any atom is -0.462 e. The molecule has 0 aromatic rings. The monoisotopic (exact) mass is 698 g/mol. The first-order chi connectivity index (χ1) is 24.2. The van der Waals surface area contributed by atoms with E-state index in [1.54, 1.807) is 6.92 Å². The van der Waals surface area contributed by atoms with Crippen molar-refractivity contribution in [2.24, 2.45) is 69.0 Å². The lowest BCUT2D eigenvalue weighted by atomic mass is 9.47. The van der Waals surface area contributed by atoms with Gasteiger partial charge in [0.1, 0.15) is 24.4 Å². The molecule has 0 bridgehead atoms. The van der Waals surface area contributed by atoms with E-state index in [0.717, 1.165) is 76.0 Å². The minimum atomic E-state index is -0.437. The topological polar surface area (TPSA) is 69.7 Å². The maximum absolute atomic E-state index is 13.1. The maximum Gasteiger partial charge on any atom is 0.317 e. The molecule has 280 valence electrons. The fourth-order valence-electron chi connectivity index (χ4n) is 15.5. The molecule has 51 heavy (non-hydrogen) atoms. The van der Waals surface area contributed by atoms with Crippen LogP contribution < -0.4 is 0 Å². The second kappa shape index (κ2) is 12.7. The van der Waals surface area contributed by atoms with Gasteiger partial charge in [0.2, 0.25) is 0 Å². The summed E-state index contributed by atoms with van der Waals surface area (Å²) in [6, 6.07) is 0. The summed E-state index contributed by atoms with van der Waals surface area (Å²) in [5, 5.41) is 0. The van der Waals surface area contributed by atoms with Crippen molar-refractivity contribution in [3.63, 3.8) is 0 Å². The number of allylic oxidation sites excluding steroid dienone is 3. The number of carbonyl (C=O) groups is 3. The van der Waals surface area contributed by atoms with E-state index in [2.05, 4.69) is 53.3 Å². The van der Waals surface area contributed by atoms with Crippen molar-refractivity contribution >= 4 is 17.7 Å². The van der Waals surface area contributed by atoms with Gasteiger partial charge in [0.15, 0.2) is 0 Å². The molecule has 0 aromatic heterocycles. The van der Waals surface area contributed by atoms with Gasteiger partial charge in [-0.05, 0) is 167 Å². The van der Waals surface area contributed by atoms with Gasteiger partial charge in [0.05, 0.1) is 0 Å². The van der Waals surface area contributed by atoms with Crippen molar-refractivity contribution < 1.29 is 23.9 Å². The van der Waals surface area contributed by atoms with Crippen molar-refractivity contribution in [2.45, 2.75) is 163 Å². The lowest BCUT2D eigenvalue weighted by Crippen LogP contribution is -2.51. The van der Waals surface area contributed by atoms with E-state index >= 15 is 0 Å². The van der Waals surface area contributed by atoms with Crippen LogP contribution >= 0.6 is 0 Å². The third-order valence-corrected chi connectivity index (χ3v) is 18.1. The molecule has 6 fully saturated rings. The first kappa shape index (κ1) is 35.8. The summed E-state index contributed by atoms with van der Waals surface area (Å²) in [6.45, 7) is 18.4. The molecular formula is C46H66O5. The predicted octanol–water partition coefficient (Wildman–Crippen LogP) is 10.5. The fraction of sp³-hybridized carbons (Fsp3) is 0.804. The first-order valence-corrected chi connectivity index (χ1v) is 21.1. The van der Waals surface area contributed by atoms with Crippen molar-refractivity contribution in [3.8, 4) is 0 Å². The van der Waals surface area contributed by atoms with Gasteiger partial charge in [-0.3, -0.25) is 14.4 Å². The van der Waals surface area contributed by atoms with E-state index in [9.17, 15) is 14.4 Å². The molecule has 0 saturated heterocycles. The highest BCUT2D eigenvalue weighted by Gasteiger charge is 2.61. The van der Waals surface area contributed by atoms with Crippen molar-refractivity contribution in [3.05, 3.63) is 35.5 Å². The van der Waals surface area contributed by atoms with Gasteiger partial charge in [-0.1, -0.05) is 63.1 Å². The summed E-state index contributed by atoms with van der Waals surface area (Å²) < 4.78 is 12.0. The zero-order valence-electron chi connectivity index (χ0n) is 32.7. The third-order valence-electron chi connectivity index (χ3n) is 18.1. The normalized spacial score (nSPS) is 48.3. The van der Waals surface area contributed by atoms with Crippen LogP contribution in [0.25, 0.3) is 0 Å². The van der Waals surface area contributed by atoms with Crippen LogP contribution in [0, 0.1) is 69.0 Å². The number of ketones is 1. The van der Waals surface area contributed by atoms with E-state index in [1.807, 2.05) is 0 Å². The van der Waals surface area contributed by atoms with Crippen LogP contribution in [0.1, 0.15) is 151 Å². The number of hydrogen-bond acceptors (Lipinski definition) is 5. The Balaban J connectivity index is 0.840. The Hall–Kier alpha value is -2.17. The molecule has 6 saturated carbocycles. The van der Waals surface area contributed by atoms with Crippen LogP contribution in [0.3, 0.4) is 0 Å². The average Bonchev–Trinajstić information content (AvgIpc) is 3.62. The average molecular weight is 699 g/mol. The van der Waals surface area contributed by atoms with Gasteiger partial charge < -0.3 is 9.47 Å². The molecule has 8 aliphatic carbocycles. The molecule has 0 N–H and O–H groups in total. The molecule has 14 unspecified atom stereocenters. The number of fused-ring (bicyclic) bond motifs is 10. The lowest BCUT2D eigenvalue weighted by molar-refractivity contribution is -0.163. The Kier molecular flexibility index (Phi) is 8.93. The molecule has 0 aliphatic heterocycles. The van der Waals surface area contributed by atoms with Crippen molar-refractivity contribution in [1.29, 1.82) is 0 Å². The number of carbonyl (C=O) groups excluding carboxylic acids is 3. The summed E-state index contributed by atoms with van der Waals surface area (Å²) in [7, 11) is 0. The molecule has 0 amide bonds. The summed E-state index contributed by atoms with van der Waals surface area (Å²) in [5.74, 6) is 4.61. The number of Topliss-reactive ketones (excluding diaryl/α,β-unsaturated/α-hetero) is 1. The minimum absolute atomic E-state index is 0.144. The first-order valence-electron chi connectivity index (χ1n) is 21.1. The van der Waals surface area contributed by atoms with Crippen LogP contribution in [0.4, 0.5) is 0 Å². The molecule has 5 nitrogen and oxygen atoms in total. The van der Waals surface area contributed by atoms with E-state index < -0.39 is 11.9 Å². The zero-order valence-corrected chi connectivity index (χ0v) is 32.7. The van der Waals surface area contributed by atoms with Crippen LogP contribution in [-0.2, 0) is 23.9 Å². The molecule has 0 heterocycles. The van der Waals surface area contributed by atoms with Gasteiger partial charge in [0.25, 0.3) is 0 Å². The highest BCUT2D eigenvalue weighted by atomic mass is 16.6. The highest BCUT2D eigenvalue weighted by molar-refractivity contribution is 5.91. The molecule has 0 spiro atoms. The highest BCUT2D eigenvalue weighted by Crippen LogP contribution is 2.68. The Bertz CT molecular complexity index is 1420.